The molecule has 0 saturated carbocycles. The summed E-state index contributed by atoms with van der Waals surface area (Å²) in [5.74, 6) is -0.657. The molecule has 0 saturated heterocycles. The van der Waals surface area contributed by atoms with Gasteiger partial charge in [-0.1, -0.05) is 43.0 Å². The number of aromatic nitrogens is 2. The molecular formula is C21H18FN3O2S2. The molecule has 1 aliphatic heterocycles. The molecule has 1 aromatic heterocycles. The Morgan fingerprint density at radius 2 is 2.07 bits per heavy atom. The van der Waals surface area contributed by atoms with Crippen LogP contribution in [0.3, 0.4) is 0 Å². The molecule has 8 heteroatoms. The zero-order valence-electron chi connectivity index (χ0n) is 15.6. The normalized spacial score (nSPS) is 15.2. The second-order valence-corrected chi connectivity index (χ2v) is 9.02. The third-order valence-electron chi connectivity index (χ3n) is 4.34. The van der Waals surface area contributed by atoms with Crippen LogP contribution in [0.4, 0.5) is 10.1 Å². The number of nitrogens with zero attached hydrogens (tertiary/aromatic N) is 2. The molecule has 0 fully saturated rings. The van der Waals surface area contributed by atoms with E-state index in [1.54, 1.807) is 22.4 Å². The minimum atomic E-state index is -0.416. The van der Waals surface area contributed by atoms with Gasteiger partial charge in [-0.15, -0.1) is 11.8 Å². The lowest BCUT2D eigenvalue weighted by atomic mass is 10.2. The van der Waals surface area contributed by atoms with Crippen LogP contribution in [0, 0.1) is 5.82 Å². The van der Waals surface area contributed by atoms with Gasteiger partial charge in [0.25, 0.3) is 5.56 Å². The first-order valence-electron chi connectivity index (χ1n) is 9.07. The summed E-state index contributed by atoms with van der Waals surface area (Å²) in [5, 5.41) is 3.44. The molecule has 1 aliphatic rings. The van der Waals surface area contributed by atoms with E-state index in [9.17, 15) is 14.0 Å². The number of nitrogens with one attached hydrogen (secondary N) is 1. The number of hydrogen-bond donors (Lipinski definition) is 1. The SMILES string of the molecule is C[C@H]1Cc2nc(SCC(=O)Nc3cccc(F)c3)n(-c3ccccc3)c(=O)c2S1. The fraction of sp³-hybridized carbons (Fsp3) is 0.190. The Hall–Kier alpha value is -2.58. The fourth-order valence-corrected chi connectivity index (χ4v) is 5.02. The average Bonchev–Trinajstić information content (AvgIpc) is 3.08. The van der Waals surface area contributed by atoms with E-state index >= 15 is 0 Å². The maximum absolute atomic E-state index is 13.3. The number of anilines is 1. The van der Waals surface area contributed by atoms with Crippen LogP contribution in [0.5, 0.6) is 0 Å². The minimum Gasteiger partial charge on any atom is -0.325 e. The Balaban J connectivity index is 1.61. The van der Waals surface area contributed by atoms with E-state index in [0.717, 1.165) is 12.1 Å². The molecule has 1 atom stereocenters. The molecule has 1 N–H and O–H groups in total. The van der Waals surface area contributed by atoms with Crippen molar-refractivity contribution in [2.24, 2.45) is 0 Å². The maximum Gasteiger partial charge on any atom is 0.272 e. The van der Waals surface area contributed by atoms with Crippen molar-refractivity contribution in [3.63, 3.8) is 0 Å². The summed E-state index contributed by atoms with van der Waals surface area (Å²) in [6.07, 6.45) is 0.730. The molecule has 5 nitrogen and oxygen atoms in total. The molecule has 3 aromatic rings. The molecule has 4 rings (SSSR count). The van der Waals surface area contributed by atoms with Gasteiger partial charge in [-0.05, 0) is 30.3 Å². The van der Waals surface area contributed by atoms with Crippen LogP contribution < -0.4 is 10.9 Å². The Morgan fingerprint density at radius 3 is 2.83 bits per heavy atom. The first-order valence-corrected chi connectivity index (χ1v) is 10.9. The number of amides is 1. The van der Waals surface area contributed by atoms with Crippen molar-refractivity contribution in [1.29, 1.82) is 0 Å². The van der Waals surface area contributed by atoms with Gasteiger partial charge < -0.3 is 5.32 Å². The summed E-state index contributed by atoms with van der Waals surface area (Å²) in [5.41, 5.74) is 1.78. The van der Waals surface area contributed by atoms with E-state index in [-0.39, 0.29) is 17.2 Å². The largest absolute Gasteiger partial charge is 0.325 e. The molecule has 2 heterocycles. The lowest BCUT2D eigenvalue weighted by molar-refractivity contribution is -0.113. The number of fused-ring (bicyclic) bond motifs is 1. The summed E-state index contributed by atoms with van der Waals surface area (Å²) < 4.78 is 14.9. The summed E-state index contributed by atoms with van der Waals surface area (Å²) >= 11 is 2.73. The molecule has 29 heavy (non-hydrogen) atoms. The summed E-state index contributed by atoms with van der Waals surface area (Å²) in [7, 11) is 0. The van der Waals surface area contributed by atoms with Crippen LogP contribution in [0.1, 0.15) is 12.6 Å². The number of para-hydroxylation sites is 1. The van der Waals surface area contributed by atoms with Crippen molar-refractivity contribution < 1.29 is 9.18 Å². The molecule has 0 bridgehead atoms. The predicted molar refractivity (Wildman–Crippen MR) is 115 cm³/mol. The second-order valence-electron chi connectivity index (χ2n) is 6.63. The van der Waals surface area contributed by atoms with E-state index in [1.165, 1.54) is 30.0 Å². The highest BCUT2D eigenvalue weighted by Crippen LogP contribution is 2.34. The van der Waals surface area contributed by atoms with Crippen molar-refractivity contribution in [2.75, 3.05) is 11.1 Å². The zero-order chi connectivity index (χ0) is 20.4. The fourth-order valence-electron chi connectivity index (χ4n) is 3.09. The second kappa shape index (κ2) is 8.42. The summed E-state index contributed by atoms with van der Waals surface area (Å²) in [4.78, 5) is 30.9. The number of halogens is 1. The lowest BCUT2D eigenvalue weighted by Crippen LogP contribution is -2.24. The topological polar surface area (TPSA) is 64.0 Å². The molecular weight excluding hydrogens is 409 g/mol. The van der Waals surface area contributed by atoms with Gasteiger partial charge >= 0.3 is 0 Å². The van der Waals surface area contributed by atoms with Crippen molar-refractivity contribution in [3.05, 3.63) is 76.5 Å². The number of benzene rings is 2. The highest BCUT2D eigenvalue weighted by molar-refractivity contribution is 8.00. The van der Waals surface area contributed by atoms with E-state index in [0.29, 0.717) is 26.7 Å². The zero-order valence-corrected chi connectivity index (χ0v) is 17.2. The predicted octanol–water partition coefficient (Wildman–Crippen LogP) is 4.14. The van der Waals surface area contributed by atoms with Crippen LogP contribution >= 0.6 is 23.5 Å². The van der Waals surface area contributed by atoms with Crippen molar-refractivity contribution in [2.45, 2.75) is 28.6 Å². The van der Waals surface area contributed by atoms with Crippen LogP contribution in [-0.4, -0.2) is 26.5 Å². The minimum absolute atomic E-state index is 0.0528. The van der Waals surface area contributed by atoms with Gasteiger partial charge in [0, 0.05) is 17.4 Å². The van der Waals surface area contributed by atoms with Crippen molar-refractivity contribution in [3.8, 4) is 5.69 Å². The Bertz CT molecular complexity index is 1120. The van der Waals surface area contributed by atoms with Crippen molar-refractivity contribution >= 4 is 35.1 Å². The van der Waals surface area contributed by atoms with Gasteiger partial charge in [0.2, 0.25) is 5.91 Å². The van der Waals surface area contributed by atoms with Gasteiger partial charge in [0.1, 0.15) is 5.82 Å². The number of carbonyl (C=O) groups is 1. The third kappa shape index (κ3) is 4.38. The Morgan fingerprint density at radius 1 is 1.28 bits per heavy atom. The Labute approximate surface area is 175 Å². The van der Waals surface area contributed by atoms with Gasteiger partial charge in [0.15, 0.2) is 5.16 Å². The van der Waals surface area contributed by atoms with Gasteiger partial charge in [0.05, 0.1) is 22.0 Å². The maximum atomic E-state index is 13.3. The number of rotatable bonds is 5. The summed E-state index contributed by atoms with van der Waals surface area (Å²) in [6.45, 7) is 2.07. The summed E-state index contributed by atoms with van der Waals surface area (Å²) in [6, 6.07) is 15.0. The van der Waals surface area contributed by atoms with Crippen LogP contribution in [-0.2, 0) is 11.2 Å². The van der Waals surface area contributed by atoms with E-state index in [2.05, 4.69) is 12.2 Å². The smallest absolute Gasteiger partial charge is 0.272 e. The third-order valence-corrected chi connectivity index (χ3v) is 6.49. The van der Waals surface area contributed by atoms with Crippen LogP contribution in [0.2, 0.25) is 0 Å². The van der Waals surface area contributed by atoms with Gasteiger partial charge in [-0.3, -0.25) is 14.2 Å². The van der Waals surface area contributed by atoms with Crippen LogP contribution in [0.25, 0.3) is 5.69 Å². The van der Waals surface area contributed by atoms with Crippen molar-refractivity contribution in [1.82, 2.24) is 9.55 Å². The number of carbonyl (C=O) groups excluding carboxylic acids is 1. The molecule has 2 aromatic carbocycles. The molecule has 148 valence electrons. The molecule has 0 aliphatic carbocycles. The number of thioether (sulfide) groups is 2. The molecule has 0 unspecified atom stereocenters. The highest BCUT2D eigenvalue weighted by atomic mass is 32.2. The average molecular weight is 428 g/mol. The number of hydrogen-bond acceptors (Lipinski definition) is 5. The lowest BCUT2D eigenvalue weighted by Gasteiger charge is -2.13. The van der Waals surface area contributed by atoms with E-state index < -0.39 is 5.82 Å². The molecule has 0 radical (unpaired) electrons. The molecule has 1 amide bonds. The monoisotopic (exact) mass is 427 g/mol. The van der Waals surface area contributed by atoms with Crippen LogP contribution in [0.15, 0.2) is 69.4 Å². The standard InChI is InChI=1S/C21H18FN3O2S2/c1-13-10-17-19(29-13)20(27)25(16-8-3-2-4-9-16)21(24-17)28-12-18(26)23-15-7-5-6-14(22)11-15/h2-9,11,13H,10,12H2,1H3,(H,23,26)/t13-/m0/s1. The van der Waals surface area contributed by atoms with Gasteiger partial charge in [-0.25, -0.2) is 9.37 Å². The Kier molecular flexibility index (Phi) is 5.73. The first-order chi connectivity index (χ1) is 14.0. The molecule has 0 spiro atoms. The first kappa shape index (κ1) is 19.7. The highest BCUT2D eigenvalue weighted by Gasteiger charge is 2.27. The quantitative estimate of drug-likeness (QED) is 0.490. The van der Waals surface area contributed by atoms with E-state index in [1.807, 2.05) is 30.3 Å². The van der Waals surface area contributed by atoms with E-state index in [4.69, 9.17) is 4.98 Å². The van der Waals surface area contributed by atoms with Gasteiger partial charge in [-0.2, -0.15) is 0 Å².